The van der Waals surface area contributed by atoms with Crippen molar-refractivity contribution in [3.8, 4) is 5.75 Å². The minimum absolute atomic E-state index is 0.00792. The predicted octanol–water partition coefficient (Wildman–Crippen LogP) is 3.13. The zero-order valence-corrected chi connectivity index (χ0v) is 16.2. The van der Waals surface area contributed by atoms with E-state index >= 15 is 0 Å². The Morgan fingerprint density at radius 2 is 1.96 bits per heavy atom. The fourth-order valence-corrected chi connectivity index (χ4v) is 4.23. The zero-order valence-electron chi connectivity index (χ0n) is 16.2. The van der Waals surface area contributed by atoms with Crippen LogP contribution in [-0.2, 0) is 9.53 Å². The summed E-state index contributed by atoms with van der Waals surface area (Å²) >= 11 is 0. The van der Waals surface area contributed by atoms with Gasteiger partial charge in [0.05, 0.1) is 13.2 Å². The molecule has 1 heterocycles. The molecule has 1 amide bonds. The van der Waals surface area contributed by atoms with Gasteiger partial charge in [-0.15, -0.1) is 0 Å². The summed E-state index contributed by atoms with van der Waals surface area (Å²) in [5.74, 6) is -0.486. The van der Waals surface area contributed by atoms with Gasteiger partial charge in [0.25, 0.3) is 5.91 Å². The molecule has 1 aromatic rings. The van der Waals surface area contributed by atoms with Crippen LogP contribution in [-0.4, -0.2) is 55.3 Å². The quantitative estimate of drug-likeness (QED) is 0.792. The summed E-state index contributed by atoms with van der Waals surface area (Å²) in [4.78, 5) is 15.3. The smallest absolute Gasteiger partial charge is 0.261 e. The lowest BCUT2D eigenvalue weighted by molar-refractivity contribution is -0.129. The first-order valence-corrected chi connectivity index (χ1v) is 10.2. The first kappa shape index (κ1) is 20.1. The molecule has 2 aliphatic rings. The van der Waals surface area contributed by atoms with E-state index in [2.05, 4.69) is 10.2 Å². The standard InChI is InChI=1S/C21H31FN2O3/c1-2-18(27-19-9-5-4-8-17(19)22)20(25)23-16-21(10-6-3-7-11-21)24-12-14-26-15-13-24/h4-5,8-9,18H,2-3,6-7,10-16H2,1H3,(H,23,25)/t18-/m0/s1. The van der Waals surface area contributed by atoms with Crippen LogP contribution in [0.25, 0.3) is 0 Å². The second-order valence-electron chi connectivity index (χ2n) is 7.55. The van der Waals surface area contributed by atoms with Gasteiger partial charge in [0.1, 0.15) is 0 Å². The third-order valence-corrected chi connectivity index (χ3v) is 5.83. The summed E-state index contributed by atoms with van der Waals surface area (Å²) in [5.41, 5.74) is 0.00792. The molecular weight excluding hydrogens is 347 g/mol. The molecule has 0 bridgehead atoms. The van der Waals surface area contributed by atoms with Crippen molar-refractivity contribution in [2.24, 2.45) is 0 Å². The minimum atomic E-state index is -0.688. The number of hydrogen-bond acceptors (Lipinski definition) is 4. The Morgan fingerprint density at radius 3 is 2.63 bits per heavy atom. The first-order valence-electron chi connectivity index (χ1n) is 10.2. The first-order chi connectivity index (χ1) is 13.1. The number of para-hydroxylation sites is 1. The molecule has 5 nitrogen and oxygen atoms in total. The molecule has 0 spiro atoms. The number of amides is 1. The van der Waals surface area contributed by atoms with E-state index in [1.54, 1.807) is 18.2 Å². The van der Waals surface area contributed by atoms with Crippen molar-refractivity contribution in [3.05, 3.63) is 30.1 Å². The summed E-state index contributed by atoms with van der Waals surface area (Å²) in [6, 6.07) is 6.22. The van der Waals surface area contributed by atoms with Crippen molar-refractivity contribution in [1.82, 2.24) is 10.2 Å². The molecule has 1 atom stereocenters. The maximum Gasteiger partial charge on any atom is 0.261 e. The minimum Gasteiger partial charge on any atom is -0.478 e. The highest BCUT2D eigenvalue weighted by molar-refractivity contribution is 5.81. The zero-order chi connectivity index (χ0) is 19.1. The van der Waals surface area contributed by atoms with Gasteiger partial charge in [-0.05, 0) is 31.4 Å². The van der Waals surface area contributed by atoms with Crippen molar-refractivity contribution in [2.45, 2.75) is 57.1 Å². The van der Waals surface area contributed by atoms with Gasteiger partial charge < -0.3 is 14.8 Å². The number of benzene rings is 1. The van der Waals surface area contributed by atoms with Crippen molar-refractivity contribution in [1.29, 1.82) is 0 Å². The van der Waals surface area contributed by atoms with E-state index in [-0.39, 0.29) is 17.2 Å². The molecule has 27 heavy (non-hydrogen) atoms. The Bertz CT molecular complexity index is 613. The van der Waals surface area contributed by atoms with Crippen molar-refractivity contribution < 1.29 is 18.7 Å². The molecule has 0 aromatic heterocycles. The van der Waals surface area contributed by atoms with Gasteiger partial charge in [0, 0.05) is 25.2 Å². The molecule has 1 aromatic carbocycles. The Kier molecular flexibility index (Phi) is 7.07. The number of nitrogens with zero attached hydrogens (tertiary/aromatic N) is 1. The Balaban J connectivity index is 1.63. The van der Waals surface area contributed by atoms with E-state index in [1.807, 2.05) is 6.92 Å². The number of halogens is 1. The van der Waals surface area contributed by atoms with Crippen LogP contribution in [0, 0.1) is 5.82 Å². The van der Waals surface area contributed by atoms with Gasteiger partial charge in [0.15, 0.2) is 17.7 Å². The van der Waals surface area contributed by atoms with Crippen LogP contribution in [0.2, 0.25) is 0 Å². The van der Waals surface area contributed by atoms with E-state index < -0.39 is 11.9 Å². The average Bonchev–Trinajstić information content (AvgIpc) is 2.73. The molecule has 150 valence electrons. The Morgan fingerprint density at radius 1 is 1.26 bits per heavy atom. The lowest BCUT2D eigenvalue weighted by atomic mass is 9.79. The molecule has 6 heteroatoms. The van der Waals surface area contributed by atoms with Crippen LogP contribution in [0.1, 0.15) is 45.4 Å². The number of rotatable bonds is 7. The molecule has 1 N–H and O–H groups in total. The van der Waals surface area contributed by atoms with Crippen LogP contribution < -0.4 is 10.1 Å². The fourth-order valence-electron chi connectivity index (χ4n) is 4.23. The molecule has 3 rings (SSSR count). The van der Waals surface area contributed by atoms with E-state index in [1.165, 1.54) is 25.3 Å². The summed E-state index contributed by atoms with van der Waals surface area (Å²) in [6.07, 6.45) is 5.63. The molecular formula is C21H31FN2O3. The summed E-state index contributed by atoms with van der Waals surface area (Å²) in [6.45, 7) is 5.83. The molecule has 2 fully saturated rings. The van der Waals surface area contributed by atoms with Crippen molar-refractivity contribution in [2.75, 3.05) is 32.8 Å². The largest absolute Gasteiger partial charge is 0.478 e. The van der Waals surface area contributed by atoms with Gasteiger partial charge in [-0.25, -0.2) is 4.39 Å². The average molecular weight is 378 g/mol. The summed E-state index contributed by atoms with van der Waals surface area (Å²) in [7, 11) is 0. The van der Waals surface area contributed by atoms with Crippen molar-refractivity contribution >= 4 is 5.91 Å². The van der Waals surface area contributed by atoms with E-state index in [9.17, 15) is 9.18 Å². The van der Waals surface area contributed by atoms with Crippen LogP contribution >= 0.6 is 0 Å². The van der Waals surface area contributed by atoms with Crippen LogP contribution in [0.3, 0.4) is 0 Å². The number of hydrogen-bond donors (Lipinski definition) is 1. The lowest BCUT2D eigenvalue weighted by Gasteiger charge is -2.48. The topological polar surface area (TPSA) is 50.8 Å². The van der Waals surface area contributed by atoms with Gasteiger partial charge >= 0.3 is 0 Å². The van der Waals surface area contributed by atoms with Crippen LogP contribution in [0.15, 0.2) is 24.3 Å². The third-order valence-electron chi connectivity index (χ3n) is 5.83. The van der Waals surface area contributed by atoms with Gasteiger partial charge in [0.2, 0.25) is 0 Å². The second-order valence-corrected chi connectivity index (χ2v) is 7.55. The van der Waals surface area contributed by atoms with Crippen molar-refractivity contribution in [3.63, 3.8) is 0 Å². The molecule has 1 aliphatic heterocycles. The fraction of sp³-hybridized carbons (Fsp3) is 0.667. The molecule has 1 saturated heterocycles. The SMILES string of the molecule is CC[C@H](Oc1ccccc1F)C(=O)NCC1(N2CCOCC2)CCCCC1. The predicted molar refractivity (Wildman–Crippen MR) is 102 cm³/mol. The van der Waals surface area contributed by atoms with Gasteiger partial charge in [-0.2, -0.15) is 0 Å². The highest BCUT2D eigenvalue weighted by Gasteiger charge is 2.39. The normalized spacial score (nSPS) is 21.4. The highest BCUT2D eigenvalue weighted by atomic mass is 19.1. The number of morpholine rings is 1. The van der Waals surface area contributed by atoms with Gasteiger partial charge in [-0.3, -0.25) is 9.69 Å². The van der Waals surface area contributed by atoms with Crippen LogP contribution in [0.5, 0.6) is 5.75 Å². The number of nitrogens with one attached hydrogen (secondary N) is 1. The van der Waals surface area contributed by atoms with Gasteiger partial charge in [-0.1, -0.05) is 38.3 Å². The number of ether oxygens (including phenoxy) is 2. The monoisotopic (exact) mass is 378 g/mol. The third kappa shape index (κ3) is 4.99. The maximum atomic E-state index is 13.9. The molecule has 1 aliphatic carbocycles. The Hall–Kier alpha value is -1.66. The molecule has 0 radical (unpaired) electrons. The summed E-state index contributed by atoms with van der Waals surface area (Å²) < 4.78 is 25.0. The molecule has 0 unspecified atom stereocenters. The van der Waals surface area contributed by atoms with E-state index in [0.717, 1.165) is 39.1 Å². The highest BCUT2D eigenvalue weighted by Crippen LogP contribution is 2.34. The maximum absolute atomic E-state index is 13.9. The number of carbonyl (C=O) groups excluding carboxylic acids is 1. The van der Waals surface area contributed by atoms with E-state index in [0.29, 0.717) is 13.0 Å². The summed E-state index contributed by atoms with van der Waals surface area (Å²) in [5, 5.41) is 3.11. The molecule has 1 saturated carbocycles. The Labute approximate surface area is 161 Å². The lowest BCUT2D eigenvalue weighted by Crippen LogP contribution is -2.60. The second kappa shape index (κ2) is 9.51. The van der Waals surface area contributed by atoms with E-state index in [4.69, 9.17) is 9.47 Å². The van der Waals surface area contributed by atoms with Crippen LogP contribution in [0.4, 0.5) is 4.39 Å². The number of carbonyl (C=O) groups is 1.